The molecule has 4 nitrogen and oxygen atoms in total. The standard InChI is InChI=1S/C19H17ClFN3O/c1-12(20)19(25)23-10-13-2-4-15(5-3-13)18-22-11-17(24-18)14-6-8-16(21)9-7-14/h2-9,11-12H,10H2,1H3,(H,22,24)(H,23,25). The molecule has 1 aromatic heterocycles. The average molecular weight is 358 g/mol. The highest BCUT2D eigenvalue weighted by Gasteiger charge is 2.09. The zero-order valence-electron chi connectivity index (χ0n) is 13.6. The number of aromatic nitrogens is 2. The van der Waals surface area contributed by atoms with Gasteiger partial charge in [0.25, 0.3) is 0 Å². The minimum Gasteiger partial charge on any atom is -0.351 e. The highest BCUT2D eigenvalue weighted by Crippen LogP contribution is 2.22. The van der Waals surface area contributed by atoms with Crippen LogP contribution in [-0.4, -0.2) is 21.3 Å². The van der Waals surface area contributed by atoms with Crippen molar-refractivity contribution >= 4 is 17.5 Å². The van der Waals surface area contributed by atoms with Crippen LogP contribution in [0.2, 0.25) is 0 Å². The van der Waals surface area contributed by atoms with Gasteiger partial charge in [-0.1, -0.05) is 24.3 Å². The van der Waals surface area contributed by atoms with E-state index in [2.05, 4.69) is 15.3 Å². The van der Waals surface area contributed by atoms with Crippen LogP contribution in [0.15, 0.2) is 54.7 Å². The molecule has 0 spiro atoms. The number of nitrogens with one attached hydrogen (secondary N) is 2. The lowest BCUT2D eigenvalue weighted by Crippen LogP contribution is -2.28. The van der Waals surface area contributed by atoms with Crippen molar-refractivity contribution in [3.63, 3.8) is 0 Å². The summed E-state index contributed by atoms with van der Waals surface area (Å²) < 4.78 is 13.0. The van der Waals surface area contributed by atoms with Crippen LogP contribution in [0.5, 0.6) is 0 Å². The van der Waals surface area contributed by atoms with Crippen LogP contribution >= 0.6 is 11.6 Å². The first kappa shape index (κ1) is 17.2. The van der Waals surface area contributed by atoms with Crippen molar-refractivity contribution in [1.29, 1.82) is 0 Å². The minimum atomic E-state index is -0.549. The van der Waals surface area contributed by atoms with Crippen LogP contribution in [0.4, 0.5) is 4.39 Å². The second kappa shape index (κ2) is 7.49. The quantitative estimate of drug-likeness (QED) is 0.675. The molecule has 128 valence electrons. The number of benzene rings is 2. The van der Waals surface area contributed by atoms with Gasteiger partial charge < -0.3 is 10.3 Å². The number of rotatable bonds is 5. The van der Waals surface area contributed by atoms with Crippen molar-refractivity contribution < 1.29 is 9.18 Å². The first-order valence-electron chi connectivity index (χ1n) is 7.85. The maximum Gasteiger partial charge on any atom is 0.238 e. The van der Waals surface area contributed by atoms with Crippen LogP contribution < -0.4 is 5.32 Å². The van der Waals surface area contributed by atoms with E-state index in [4.69, 9.17) is 11.6 Å². The van der Waals surface area contributed by atoms with Crippen molar-refractivity contribution in [3.05, 3.63) is 66.1 Å². The third-order valence-corrected chi connectivity index (χ3v) is 3.98. The predicted molar refractivity (Wildman–Crippen MR) is 96.6 cm³/mol. The first-order valence-corrected chi connectivity index (χ1v) is 8.28. The number of carbonyl (C=O) groups is 1. The van der Waals surface area contributed by atoms with Crippen molar-refractivity contribution in [1.82, 2.24) is 15.3 Å². The number of halogens is 2. The van der Waals surface area contributed by atoms with E-state index in [-0.39, 0.29) is 11.7 Å². The topological polar surface area (TPSA) is 57.8 Å². The van der Waals surface area contributed by atoms with Gasteiger partial charge in [0.15, 0.2) is 0 Å². The highest BCUT2D eigenvalue weighted by atomic mass is 35.5. The molecule has 1 atom stereocenters. The highest BCUT2D eigenvalue weighted by molar-refractivity contribution is 6.30. The van der Waals surface area contributed by atoms with Crippen molar-refractivity contribution in [2.45, 2.75) is 18.8 Å². The summed E-state index contributed by atoms with van der Waals surface area (Å²) in [6.07, 6.45) is 1.72. The number of H-pyrrole nitrogens is 1. The Morgan fingerprint density at radius 2 is 1.80 bits per heavy atom. The maximum absolute atomic E-state index is 13.0. The summed E-state index contributed by atoms with van der Waals surface area (Å²) in [4.78, 5) is 19.1. The zero-order valence-corrected chi connectivity index (χ0v) is 14.3. The predicted octanol–water partition coefficient (Wildman–Crippen LogP) is 4.13. The Labute approximate surface area is 150 Å². The van der Waals surface area contributed by atoms with Gasteiger partial charge >= 0.3 is 0 Å². The number of amides is 1. The average Bonchev–Trinajstić information content (AvgIpc) is 3.10. The molecular formula is C19H17ClFN3O. The van der Waals surface area contributed by atoms with Crippen LogP contribution in [0.1, 0.15) is 12.5 Å². The van der Waals surface area contributed by atoms with Gasteiger partial charge in [0.2, 0.25) is 5.91 Å². The lowest BCUT2D eigenvalue weighted by Gasteiger charge is -2.07. The monoisotopic (exact) mass is 357 g/mol. The van der Waals surface area contributed by atoms with E-state index in [0.717, 1.165) is 28.2 Å². The molecule has 3 rings (SSSR count). The lowest BCUT2D eigenvalue weighted by atomic mass is 10.1. The van der Waals surface area contributed by atoms with Gasteiger partial charge in [-0.25, -0.2) is 9.37 Å². The molecule has 1 unspecified atom stereocenters. The molecule has 3 aromatic rings. The Balaban J connectivity index is 1.70. The van der Waals surface area contributed by atoms with Crippen LogP contribution in [0.3, 0.4) is 0 Å². The SMILES string of the molecule is CC(Cl)C(=O)NCc1ccc(-c2ncc(-c3ccc(F)cc3)[nH]2)cc1. The number of alkyl halides is 1. The third kappa shape index (κ3) is 4.25. The van der Waals surface area contributed by atoms with E-state index in [1.54, 1.807) is 25.3 Å². The lowest BCUT2D eigenvalue weighted by molar-refractivity contribution is -0.120. The minimum absolute atomic E-state index is 0.194. The van der Waals surface area contributed by atoms with Gasteiger partial charge in [-0.2, -0.15) is 0 Å². The van der Waals surface area contributed by atoms with Crippen LogP contribution in [-0.2, 0) is 11.3 Å². The molecular weight excluding hydrogens is 341 g/mol. The van der Waals surface area contributed by atoms with E-state index in [1.165, 1.54) is 12.1 Å². The fraction of sp³-hybridized carbons (Fsp3) is 0.158. The van der Waals surface area contributed by atoms with E-state index < -0.39 is 5.38 Å². The molecule has 0 radical (unpaired) electrons. The van der Waals surface area contributed by atoms with Crippen molar-refractivity contribution in [2.75, 3.05) is 0 Å². The molecule has 25 heavy (non-hydrogen) atoms. The summed E-state index contributed by atoms with van der Waals surface area (Å²) in [7, 11) is 0. The molecule has 0 saturated heterocycles. The molecule has 0 aliphatic heterocycles. The molecule has 0 aliphatic carbocycles. The van der Waals surface area contributed by atoms with E-state index in [1.807, 2.05) is 24.3 Å². The summed E-state index contributed by atoms with van der Waals surface area (Å²) in [5.74, 6) is 0.264. The number of imidazole rings is 1. The van der Waals surface area contributed by atoms with Crippen LogP contribution in [0, 0.1) is 5.82 Å². The van der Waals surface area contributed by atoms with Crippen LogP contribution in [0.25, 0.3) is 22.6 Å². The third-order valence-electron chi connectivity index (χ3n) is 3.79. The van der Waals surface area contributed by atoms with Gasteiger partial charge in [0.1, 0.15) is 17.0 Å². The van der Waals surface area contributed by atoms with Crippen molar-refractivity contribution in [3.8, 4) is 22.6 Å². The Hall–Kier alpha value is -2.66. The molecule has 0 fully saturated rings. The fourth-order valence-corrected chi connectivity index (χ4v) is 2.43. The number of hydrogen-bond acceptors (Lipinski definition) is 2. The summed E-state index contributed by atoms with van der Waals surface area (Å²) in [5.41, 5.74) is 3.59. The first-order chi connectivity index (χ1) is 12.0. The smallest absolute Gasteiger partial charge is 0.238 e. The van der Waals surface area contributed by atoms with Gasteiger partial charge in [0, 0.05) is 12.1 Å². The largest absolute Gasteiger partial charge is 0.351 e. The molecule has 2 aromatic carbocycles. The Morgan fingerprint density at radius 3 is 2.44 bits per heavy atom. The number of hydrogen-bond donors (Lipinski definition) is 2. The second-order valence-corrected chi connectivity index (χ2v) is 6.34. The number of carbonyl (C=O) groups excluding carboxylic acids is 1. The number of aromatic amines is 1. The van der Waals surface area contributed by atoms with Gasteiger partial charge in [-0.15, -0.1) is 11.6 Å². The van der Waals surface area contributed by atoms with Gasteiger partial charge in [0.05, 0.1) is 11.9 Å². The Morgan fingerprint density at radius 1 is 1.16 bits per heavy atom. The summed E-state index contributed by atoms with van der Waals surface area (Å²) in [5, 5.41) is 2.21. The van der Waals surface area contributed by atoms with E-state index in [0.29, 0.717) is 6.54 Å². The molecule has 0 saturated carbocycles. The fourth-order valence-electron chi connectivity index (χ4n) is 2.35. The molecule has 6 heteroatoms. The summed E-state index contributed by atoms with van der Waals surface area (Å²) >= 11 is 5.72. The molecule has 2 N–H and O–H groups in total. The molecule has 1 heterocycles. The van der Waals surface area contributed by atoms with Crippen molar-refractivity contribution in [2.24, 2.45) is 0 Å². The van der Waals surface area contributed by atoms with E-state index >= 15 is 0 Å². The molecule has 0 aliphatic rings. The Kier molecular flexibility index (Phi) is 5.14. The normalized spacial score (nSPS) is 12.0. The summed E-state index contributed by atoms with van der Waals surface area (Å²) in [6.45, 7) is 2.06. The number of nitrogens with zero attached hydrogens (tertiary/aromatic N) is 1. The van der Waals surface area contributed by atoms with E-state index in [9.17, 15) is 9.18 Å². The maximum atomic E-state index is 13.0. The van der Waals surface area contributed by atoms with Gasteiger partial charge in [-0.05, 0) is 42.3 Å². The molecule has 1 amide bonds. The summed E-state index contributed by atoms with van der Waals surface area (Å²) in [6, 6.07) is 14.0. The second-order valence-electron chi connectivity index (χ2n) is 5.68. The zero-order chi connectivity index (χ0) is 17.8. The van der Waals surface area contributed by atoms with Gasteiger partial charge in [-0.3, -0.25) is 4.79 Å². The Bertz CT molecular complexity index is 857. The molecule has 0 bridgehead atoms.